The molecule has 3 rings (SSSR count). The fourth-order valence-corrected chi connectivity index (χ4v) is 2.95. The average Bonchev–Trinajstić information content (AvgIpc) is 2.61. The third kappa shape index (κ3) is 3.41. The summed E-state index contributed by atoms with van der Waals surface area (Å²) in [5.74, 6) is 0.878. The number of likely N-dealkylation sites (tertiary alicyclic amines) is 1. The molecule has 2 aromatic rings. The molecule has 0 spiro atoms. The summed E-state index contributed by atoms with van der Waals surface area (Å²) in [4.78, 5) is 32.3. The van der Waals surface area contributed by atoms with Crippen LogP contribution in [-0.2, 0) is 0 Å². The number of benzene rings is 1. The molecular weight excluding hydrogens is 294 g/mol. The van der Waals surface area contributed by atoms with Crippen molar-refractivity contribution in [3.8, 4) is 5.75 Å². The Hall–Kier alpha value is -2.63. The van der Waals surface area contributed by atoms with Gasteiger partial charge in [-0.15, -0.1) is 0 Å². The van der Waals surface area contributed by atoms with Gasteiger partial charge in [0.2, 0.25) is 0 Å². The minimum Gasteiger partial charge on any atom is -0.497 e. The second kappa shape index (κ2) is 6.64. The predicted molar refractivity (Wildman–Crippen MR) is 85.7 cm³/mol. The summed E-state index contributed by atoms with van der Waals surface area (Å²) < 4.78 is 5.12. The van der Waals surface area contributed by atoms with Crippen LogP contribution >= 0.6 is 0 Å². The molecule has 23 heavy (non-hydrogen) atoms. The molecule has 1 fully saturated rings. The van der Waals surface area contributed by atoms with Crippen LogP contribution in [-0.4, -0.2) is 41.0 Å². The maximum Gasteiger partial charge on any atom is 0.345 e. The van der Waals surface area contributed by atoms with Crippen molar-refractivity contribution >= 4 is 5.91 Å². The maximum atomic E-state index is 12.6. The molecule has 0 radical (unpaired) electrons. The van der Waals surface area contributed by atoms with Crippen molar-refractivity contribution in [3.63, 3.8) is 0 Å². The summed E-state index contributed by atoms with van der Waals surface area (Å²) in [6.07, 6.45) is 3.38. The molecule has 6 heteroatoms. The molecule has 1 aromatic heterocycles. The summed E-state index contributed by atoms with van der Waals surface area (Å²) >= 11 is 0. The van der Waals surface area contributed by atoms with Crippen LogP contribution in [0.5, 0.6) is 5.75 Å². The molecule has 1 aliphatic rings. The fraction of sp³-hybridized carbons (Fsp3) is 0.353. The van der Waals surface area contributed by atoms with Crippen LogP contribution in [0.4, 0.5) is 0 Å². The lowest BCUT2D eigenvalue weighted by atomic mass is 9.94. The molecule has 2 heterocycles. The number of nitrogens with zero attached hydrogens (tertiary/aromatic N) is 2. The Kier molecular flexibility index (Phi) is 4.41. The van der Waals surface area contributed by atoms with Gasteiger partial charge in [-0.25, -0.2) is 9.78 Å². The molecule has 6 nitrogen and oxygen atoms in total. The molecule has 0 unspecified atom stereocenters. The lowest BCUT2D eigenvalue weighted by molar-refractivity contribution is 0.0706. The number of aromatic amines is 1. The highest BCUT2D eigenvalue weighted by Gasteiger charge is 2.26. The summed E-state index contributed by atoms with van der Waals surface area (Å²) in [5, 5.41) is 0. The normalized spacial score (nSPS) is 17.8. The second-order valence-corrected chi connectivity index (χ2v) is 5.65. The molecule has 1 atom stereocenters. The van der Waals surface area contributed by atoms with E-state index >= 15 is 0 Å². The van der Waals surface area contributed by atoms with Crippen LogP contribution < -0.4 is 10.4 Å². The van der Waals surface area contributed by atoms with Gasteiger partial charge in [-0.3, -0.25) is 4.79 Å². The van der Waals surface area contributed by atoms with Gasteiger partial charge in [0, 0.05) is 36.5 Å². The number of carbonyl (C=O) groups excluding carboxylic acids is 1. The van der Waals surface area contributed by atoms with E-state index in [9.17, 15) is 9.59 Å². The average molecular weight is 313 g/mol. The molecule has 1 aliphatic heterocycles. The minimum atomic E-state index is -0.346. The highest BCUT2D eigenvalue weighted by Crippen LogP contribution is 2.26. The van der Waals surface area contributed by atoms with E-state index in [1.807, 2.05) is 11.0 Å². The minimum absolute atomic E-state index is 0.00811. The van der Waals surface area contributed by atoms with E-state index in [1.165, 1.54) is 6.20 Å². The lowest BCUT2D eigenvalue weighted by Crippen LogP contribution is -2.39. The number of hydrogen-bond donors (Lipinski definition) is 1. The molecule has 0 bridgehead atoms. The summed E-state index contributed by atoms with van der Waals surface area (Å²) in [6, 6.07) is 8.94. The second-order valence-electron chi connectivity index (χ2n) is 5.65. The maximum absolute atomic E-state index is 12.6. The zero-order valence-electron chi connectivity index (χ0n) is 13.0. The quantitative estimate of drug-likeness (QED) is 0.937. The Bertz CT molecular complexity index is 739. The molecule has 1 amide bonds. The number of aromatic nitrogens is 2. The van der Waals surface area contributed by atoms with Crippen LogP contribution in [0.25, 0.3) is 0 Å². The molecule has 1 N–H and O–H groups in total. The molecule has 120 valence electrons. The van der Waals surface area contributed by atoms with Crippen molar-refractivity contribution < 1.29 is 9.53 Å². The standard InChI is InChI=1S/C17H19N3O3/c1-23-14-6-4-12(5-7-14)16(21)20-10-2-3-13(11-20)15-8-9-18-17(22)19-15/h4-9,13H,2-3,10-11H2,1H3,(H,18,19,22)/t13-/m0/s1. The monoisotopic (exact) mass is 313 g/mol. The van der Waals surface area contributed by atoms with E-state index in [0.29, 0.717) is 12.1 Å². The van der Waals surface area contributed by atoms with Crippen molar-refractivity contribution in [2.24, 2.45) is 0 Å². The molecule has 0 saturated carbocycles. The Morgan fingerprint density at radius 3 is 2.78 bits per heavy atom. The van der Waals surface area contributed by atoms with Crippen LogP contribution in [0.1, 0.15) is 34.8 Å². The van der Waals surface area contributed by atoms with Crippen LogP contribution in [0.2, 0.25) is 0 Å². The molecular formula is C17H19N3O3. The molecule has 1 aromatic carbocycles. The summed E-state index contributed by atoms with van der Waals surface area (Å²) in [5.41, 5.74) is 1.15. The van der Waals surface area contributed by atoms with E-state index in [4.69, 9.17) is 4.74 Å². The number of hydrogen-bond acceptors (Lipinski definition) is 4. The Morgan fingerprint density at radius 2 is 2.09 bits per heavy atom. The van der Waals surface area contributed by atoms with Crippen molar-refractivity contribution in [1.82, 2.24) is 14.9 Å². The number of carbonyl (C=O) groups is 1. The number of amides is 1. The first-order valence-corrected chi connectivity index (χ1v) is 7.66. The highest BCUT2D eigenvalue weighted by molar-refractivity contribution is 5.94. The number of rotatable bonds is 3. The number of ether oxygens (including phenoxy) is 1. The van der Waals surface area contributed by atoms with Gasteiger partial charge in [0.25, 0.3) is 5.91 Å². The first-order chi connectivity index (χ1) is 11.2. The third-order valence-electron chi connectivity index (χ3n) is 4.18. The number of piperidine rings is 1. The van der Waals surface area contributed by atoms with Crippen molar-refractivity contribution in [3.05, 3.63) is 58.3 Å². The lowest BCUT2D eigenvalue weighted by Gasteiger charge is -2.32. The predicted octanol–water partition coefficient (Wildman–Crippen LogP) is 1.80. The SMILES string of the molecule is COc1ccc(C(=O)N2CCC[C@H](c3ccnc(=O)[nH]3)C2)cc1. The Labute approximate surface area is 134 Å². The van der Waals surface area contributed by atoms with Gasteiger partial charge in [0.1, 0.15) is 5.75 Å². The number of nitrogens with one attached hydrogen (secondary N) is 1. The molecule has 0 aliphatic carbocycles. The van der Waals surface area contributed by atoms with Gasteiger partial charge in [0.15, 0.2) is 0 Å². The third-order valence-corrected chi connectivity index (χ3v) is 4.18. The van der Waals surface area contributed by atoms with Gasteiger partial charge in [-0.2, -0.15) is 0 Å². The van der Waals surface area contributed by atoms with Gasteiger partial charge in [-0.05, 0) is 43.2 Å². The van der Waals surface area contributed by atoms with Crippen molar-refractivity contribution in [1.29, 1.82) is 0 Å². The van der Waals surface area contributed by atoms with Crippen molar-refractivity contribution in [2.75, 3.05) is 20.2 Å². The van der Waals surface area contributed by atoms with Crippen molar-refractivity contribution in [2.45, 2.75) is 18.8 Å². The van der Waals surface area contributed by atoms with Gasteiger partial charge < -0.3 is 14.6 Å². The largest absolute Gasteiger partial charge is 0.497 e. The van der Waals surface area contributed by atoms with Gasteiger partial charge in [-0.1, -0.05) is 0 Å². The highest BCUT2D eigenvalue weighted by atomic mass is 16.5. The van der Waals surface area contributed by atoms with Gasteiger partial charge in [0.05, 0.1) is 7.11 Å². The Morgan fingerprint density at radius 1 is 1.30 bits per heavy atom. The summed E-state index contributed by atoms with van der Waals surface area (Å²) in [6.45, 7) is 1.33. The number of methoxy groups -OCH3 is 1. The van der Waals surface area contributed by atoms with E-state index in [-0.39, 0.29) is 17.5 Å². The van der Waals surface area contributed by atoms with Crippen LogP contribution in [0, 0.1) is 0 Å². The van der Waals surface area contributed by atoms with Crippen LogP contribution in [0.15, 0.2) is 41.3 Å². The smallest absolute Gasteiger partial charge is 0.345 e. The first-order valence-electron chi connectivity index (χ1n) is 7.66. The van der Waals surface area contributed by atoms with E-state index in [2.05, 4.69) is 9.97 Å². The zero-order valence-corrected chi connectivity index (χ0v) is 13.0. The van der Waals surface area contributed by atoms with E-state index < -0.39 is 0 Å². The molecule has 1 saturated heterocycles. The van der Waals surface area contributed by atoms with E-state index in [1.54, 1.807) is 31.4 Å². The van der Waals surface area contributed by atoms with E-state index in [0.717, 1.165) is 30.8 Å². The van der Waals surface area contributed by atoms with Gasteiger partial charge >= 0.3 is 5.69 Å². The summed E-state index contributed by atoms with van der Waals surface area (Å²) in [7, 11) is 1.60. The zero-order chi connectivity index (χ0) is 16.2. The number of H-pyrrole nitrogens is 1. The Balaban J connectivity index is 1.74. The fourth-order valence-electron chi connectivity index (χ4n) is 2.95. The topological polar surface area (TPSA) is 75.3 Å². The van der Waals surface area contributed by atoms with Crippen LogP contribution in [0.3, 0.4) is 0 Å². The first kappa shape index (κ1) is 15.3.